The average Bonchev–Trinajstić information content (AvgIpc) is 2.21. The van der Waals surface area contributed by atoms with E-state index in [1.165, 1.54) is 0 Å². The molecule has 4 heteroatoms. The Morgan fingerprint density at radius 1 is 1.00 bits per heavy atom. The Hall–Kier alpha value is -0.160. The van der Waals surface area contributed by atoms with Crippen molar-refractivity contribution < 1.29 is 14.2 Å². The zero-order valence-corrected chi connectivity index (χ0v) is 15.6. The van der Waals surface area contributed by atoms with Crippen LogP contribution in [0.25, 0.3) is 0 Å². The molecular formula is C17H37NO3. The van der Waals surface area contributed by atoms with Crippen molar-refractivity contribution in [3.8, 4) is 0 Å². The van der Waals surface area contributed by atoms with E-state index in [9.17, 15) is 0 Å². The van der Waals surface area contributed by atoms with Crippen molar-refractivity contribution in [1.29, 1.82) is 0 Å². The first kappa shape index (κ1) is 20.8. The third-order valence-electron chi connectivity index (χ3n) is 3.30. The highest BCUT2D eigenvalue weighted by atomic mass is 16.6. The summed E-state index contributed by atoms with van der Waals surface area (Å²) in [7, 11) is 0. The molecule has 4 nitrogen and oxygen atoms in total. The summed E-state index contributed by atoms with van der Waals surface area (Å²) in [5.41, 5.74) is 4.97. The Bertz CT molecular complexity index is 293. The van der Waals surface area contributed by atoms with Crippen molar-refractivity contribution in [2.24, 2.45) is 5.73 Å². The molecule has 0 aliphatic heterocycles. The smallest absolute Gasteiger partial charge is 0.103 e. The molecule has 0 aliphatic carbocycles. The molecule has 0 rings (SSSR count). The maximum absolute atomic E-state index is 6.33. The fourth-order valence-electron chi connectivity index (χ4n) is 2.44. The van der Waals surface area contributed by atoms with Gasteiger partial charge in [-0.3, -0.25) is 0 Å². The van der Waals surface area contributed by atoms with Crippen molar-refractivity contribution >= 4 is 0 Å². The van der Waals surface area contributed by atoms with Crippen molar-refractivity contribution in [3.63, 3.8) is 0 Å². The second-order valence-electron chi connectivity index (χ2n) is 7.91. The van der Waals surface area contributed by atoms with Gasteiger partial charge in [0.2, 0.25) is 0 Å². The van der Waals surface area contributed by atoms with Crippen LogP contribution < -0.4 is 5.73 Å². The van der Waals surface area contributed by atoms with E-state index in [-0.39, 0.29) is 23.5 Å². The molecule has 0 saturated heterocycles. The van der Waals surface area contributed by atoms with E-state index in [2.05, 4.69) is 55.4 Å². The molecule has 0 saturated carbocycles. The van der Waals surface area contributed by atoms with Crippen molar-refractivity contribution in [2.45, 2.75) is 104 Å². The van der Waals surface area contributed by atoms with Crippen molar-refractivity contribution in [2.75, 3.05) is 6.61 Å². The zero-order chi connectivity index (χ0) is 16.9. The summed E-state index contributed by atoms with van der Waals surface area (Å²) in [5.74, 6) is 0. The Morgan fingerprint density at radius 2 is 1.52 bits per heavy atom. The Morgan fingerprint density at radius 3 is 1.90 bits per heavy atom. The number of hydrogen-bond acceptors (Lipinski definition) is 4. The lowest BCUT2D eigenvalue weighted by atomic mass is 9.96. The number of rotatable bonds is 9. The highest BCUT2D eigenvalue weighted by molar-refractivity contribution is 4.84. The fourth-order valence-corrected chi connectivity index (χ4v) is 2.44. The molecule has 0 aromatic heterocycles. The minimum atomic E-state index is -0.395. The van der Waals surface area contributed by atoms with Crippen LogP contribution in [0, 0.1) is 0 Å². The molecule has 128 valence electrons. The summed E-state index contributed by atoms with van der Waals surface area (Å²) in [6.45, 7) is 19.1. The molecule has 0 bridgehead atoms. The van der Waals surface area contributed by atoms with E-state index < -0.39 is 5.60 Å². The van der Waals surface area contributed by atoms with Crippen LogP contribution in [0.15, 0.2) is 0 Å². The fraction of sp³-hybridized carbons (Fsp3) is 1.00. The minimum Gasteiger partial charge on any atom is -0.376 e. The molecule has 0 radical (unpaired) electrons. The monoisotopic (exact) mass is 303 g/mol. The number of hydrogen-bond donors (Lipinski definition) is 1. The highest BCUT2D eigenvalue weighted by Crippen LogP contribution is 2.29. The Kier molecular flexibility index (Phi) is 7.85. The van der Waals surface area contributed by atoms with Crippen molar-refractivity contribution in [3.05, 3.63) is 0 Å². The first-order valence-corrected chi connectivity index (χ1v) is 8.04. The normalized spacial score (nSPS) is 16.9. The zero-order valence-electron chi connectivity index (χ0n) is 15.6. The van der Waals surface area contributed by atoms with Gasteiger partial charge in [-0.25, -0.2) is 0 Å². The van der Waals surface area contributed by atoms with Crippen LogP contribution in [0.4, 0.5) is 0 Å². The van der Waals surface area contributed by atoms with Gasteiger partial charge >= 0.3 is 0 Å². The van der Waals surface area contributed by atoms with E-state index >= 15 is 0 Å². The molecule has 2 atom stereocenters. The predicted octanol–water partition coefficient (Wildman–Crippen LogP) is 3.87. The molecule has 0 heterocycles. The quantitative estimate of drug-likeness (QED) is 0.657. The second kappa shape index (κ2) is 7.91. The molecule has 0 amide bonds. The maximum atomic E-state index is 6.33. The van der Waals surface area contributed by atoms with Gasteiger partial charge < -0.3 is 19.9 Å². The number of ether oxygens (including phenoxy) is 3. The predicted molar refractivity (Wildman–Crippen MR) is 88.4 cm³/mol. The molecule has 0 spiro atoms. The van der Waals surface area contributed by atoms with Crippen LogP contribution in [0.1, 0.15) is 75.2 Å². The van der Waals surface area contributed by atoms with Gasteiger partial charge in [-0.2, -0.15) is 0 Å². The van der Waals surface area contributed by atoms with Gasteiger partial charge in [0.25, 0.3) is 0 Å². The standard InChI is InChI=1S/C17H37NO3/c1-10-14(20-13(2)18)17(8,9)21-16(6,7)11-12-19-15(3,4)5/h13-14H,10-12,18H2,1-9H3. The average molecular weight is 303 g/mol. The lowest BCUT2D eigenvalue weighted by Crippen LogP contribution is -2.48. The summed E-state index contributed by atoms with van der Waals surface area (Å²) in [6.07, 6.45) is 1.39. The molecule has 2 N–H and O–H groups in total. The summed E-state index contributed by atoms with van der Waals surface area (Å²) < 4.78 is 17.9. The minimum absolute atomic E-state index is 0.0275. The van der Waals surface area contributed by atoms with Crippen LogP contribution in [-0.4, -0.2) is 35.7 Å². The molecular weight excluding hydrogens is 266 g/mol. The molecule has 21 heavy (non-hydrogen) atoms. The molecule has 2 unspecified atom stereocenters. The summed E-state index contributed by atoms with van der Waals surface area (Å²) >= 11 is 0. The van der Waals surface area contributed by atoms with E-state index in [0.717, 1.165) is 12.8 Å². The van der Waals surface area contributed by atoms with Crippen LogP contribution >= 0.6 is 0 Å². The topological polar surface area (TPSA) is 53.7 Å². The summed E-state index contributed by atoms with van der Waals surface area (Å²) in [5, 5.41) is 0. The van der Waals surface area contributed by atoms with Gasteiger partial charge in [-0.1, -0.05) is 6.92 Å². The van der Waals surface area contributed by atoms with Crippen LogP contribution in [0.3, 0.4) is 0 Å². The van der Waals surface area contributed by atoms with Gasteiger partial charge in [-0.05, 0) is 68.2 Å². The van der Waals surface area contributed by atoms with Crippen LogP contribution in [0.2, 0.25) is 0 Å². The Labute approximate surface area is 131 Å². The third-order valence-corrected chi connectivity index (χ3v) is 3.30. The second-order valence-corrected chi connectivity index (χ2v) is 7.91. The lowest BCUT2D eigenvalue weighted by Gasteiger charge is -2.41. The molecule has 0 aromatic rings. The van der Waals surface area contributed by atoms with Gasteiger partial charge in [0, 0.05) is 6.61 Å². The first-order chi connectivity index (χ1) is 9.29. The van der Waals surface area contributed by atoms with E-state index in [1.807, 2.05) is 6.92 Å². The van der Waals surface area contributed by atoms with E-state index in [0.29, 0.717) is 6.61 Å². The Balaban J connectivity index is 4.58. The van der Waals surface area contributed by atoms with Gasteiger partial charge in [0.05, 0.1) is 22.9 Å². The molecule has 0 aromatic carbocycles. The van der Waals surface area contributed by atoms with Crippen LogP contribution in [-0.2, 0) is 14.2 Å². The first-order valence-electron chi connectivity index (χ1n) is 8.04. The van der Waals surface area contributed by atoms with Gasteiger partial charge in [0.15, 0.2) is 0 Å². The lowest BCUT2D eigenvalue weighted by molar-refractivity contribution is -0.201. The van der Waals surface area contributed by atoms with Gasteiger partial charge in [0.1, 0.15) is 6.23 Å². The maximum Gasteiger partial charge on any atom is 0.103 e. The SMILES string of the molecule is CCC(OC(C)N)C(C)(C)OC(C)(C)CCOC(C)(C)C. The summed E-state index contributed by atoms with van der Waals surface area (Å²) in [6, 6.07) is 0. The molecule has 0 aliphatic rings. The third kappa shape index (κ3) is 9.46. The van der Waals surface area contributed by atoms with E-state index in [4.69, 9.17) is 19.9 Å². The number of nitrogens with two attached hydrogens (primary N) is 1. The highest BCUT2D eigenvalue weighted by Gasteiger charge is 2.36. The van der Waals surface area contributed by atoms with Gasteiger partial charge in [-0.15, -0.1) is 0 Å². The van der Waals surface area contributed by atoms with Crippen molar-refractivity contribution in [1.82, 2.24) is 0 Å². The summed E-state index contributed by atoms with van der Waals surface area (Å²) in [4.78, 5) is 0. The van der Waals surface area contributed by atoms with E-state index in [1.54, 1.807) is 0 Å². The largest absolute Gasteiger partial charge is 0.376 e. The molecule has 0 fully saturated rings. The van der Waals surface area contributed by atoms with Crippen LogP contribution in [0.5, 0.6) is 0 Å².